The Labute approximate surface area is 131 Å². The molecule has 1 heterocycles. The van der Waals surface area contributed by atoms with Crippen LogP contribution < -0.4 is 5.32 Å². The number of halogens is 1. The Bertz CT molecular complexity index is 507. The minimum Gasteiger partial charge on any atom is -0.306 e. The molecule has 1 aromatic carbocycles. The van der Waals surface area contributed by atoms with Crippen molar-refractivity contribution >= 4 is 39.0 Å². The largest absolute Gasteiger partial charge is 0.306 e. The maximum atomic E-state index is 3.64. The third-order valence-electron chi connectivity index (χ3n) is 2.93. The van der Waals surface area contributed by atoms with Gasteiger partial charge in [-0.1, -0.05) is 19.1 Å². The molecule has 0 aliphatic rings. The van der Waals surface area contributed by atoms with E-state index in [4.69, 9.17) is 0 Å². The summed E-state index contributed by atoms with van der Waals surface area (Å²) < 4.78 is 1.19. The van der Waals surface area contributed by atoms with E-state index in [0.29, 0.717) is 6.04 Å². The van der Waals surface area contributed by atoms with Gasteiger partial charge in [0.05, 0.1) is 9.83 Å². The Morgan fingerprint density at radius 1 is 1.21 bits per heavy atom. The van der Waals surface area contributed by atoms with Crippen LogP contribution in [0.3, 0.4) is 0 Å². The van der Waals surface area contributed by atoms with Gasteiger partial charge in [-0.25, -0.2) is 0 Å². The van der Waals surface area contributed by atoms with Gasteiger partial charge in [-0.3, -0.25) is 0 Å². The molecule has 1 atom stereocenters. The van der Waals surface area contributed by atoms with Gasteiger partial charge < -0.3 is 5.32 Å². The predicted octanol–water partition coefficient (Wildman–Crippen LogP) is 5.32. The molecule has 0 saturated carbocycles. The summed E-state index contributed by atoms with van der Waals surface area (Å²) in [5.74, 6) is 0. The smallest absolute Gasteiger partial charge is 0.0702 e. The van der Waals surface area contributed by atoms with Gasteiger partial charge in [-0.05, 0) is 65.0 Å². The zero-order chi connectivity index (χ0) is 13.7. The summed E-state index contributed by atoms with van der Waals surface area (Å²) in [4.78, 5) is 2.67. The molecule has 1 aromatic heterocycles. The molecule has 0 radical (unpaired) electrons. The molecule has 0 aliphatic heterocycles. The number of benzene rings is 1. The van der Waals surface area contributed by atoms with Crippen molar-refractivity contribution in [2.75, 3.05) is 12.8 Å². The van der Waals surface area contributed by atoms with Crippen LogP contribution in [0.2, 0.25) is 0 Å². The van der Waals surface area contributed by atoms with Gasteiger partial charge in [0.1, 0.15) is 0 Å². The molecule has 19 heavy (non-hydrogen) atoms. The van der Waals surface area contributed by atoms with Gasteiger partial charge in [0.15, 0.2) is 0 Å². The third kappa shape index (κ3) is 4.09. The molecule has 4 heteroatoms. The van der Waals surface area contributed by atoms with E-state index >= 15 is 0 Å². The Kier molecular flexibility index (Phi) is 5.95. The maximum absolute atomic E-state index is 3.64. The lowest BCUT2D eigenvalue weighted by atomic mass is 10.1. The summed E-state index contributed by atoms with van der Waals surface area (Å²) in [7, 11) is 0. The molecule has 0 bridgehead atoms. The van der Waals surface area contributed by atoms with Crippen molar-refractivity contribution in [1.29, 1.82) is 0 Å². The minimum absolute atomic E-state index is 0.298. The highest BCUT2D eigenvalue weighted by molar-refractivity contribution is 9.11. The first kappa shape index (κ1) is 15.1. The number of hydrogen-bond donors (Lipinski definition) is 1. The summed E-state index contributed by atoms with van der Waals surface area (Å²) in [5.41, 5.74) is 1.33. The molecule has 2 rings (SSSR count). The van der Waals surface area contributed by atoms with E-state index in [9.17, 15) is 0 Å². The van der Waals surface area contributed by atoms with Gasteiger partial charge >= 0.3 is 0 Å². The van der Waals surface area contributed by atoms with Crippen molar-refractivity contribution < 1.29 is 0 Å². The van der Waals surface area contributed by atoms with E-state index in [1.807, 2.05) is 0 Å². The van der Waals surface area contributed by atoms with E-state index in [0.717, 1.165) is 13.0 Å². The third-order valence-corrected chi connectivity index (χ3v) is 5.36. The fourth-order valence-electron chi connectivity index (χ4n) is 1.95. The Hall–Kier alpha value is -0.290. The standard InChI is InChI=1S/C15H18BrNS2/c1-3-10-17-15(13-8-9-14(16)19-13)11-4-6-12(18-2)7-5-11/h4-9,15,17H,3,10H2,1-2H3. The van der Waals surface area contributed by atoms with E-state index in [1.165, 1.54) is 19.1 Å². The van der Waals surface area contributed by atoms with Crippen LogP contribution in [-0.2, 0) is 0 Å². The van der Waals surface area contributed by atoms with Crippen molar-refractivity contribution in [2.45, 2.75) is 24.3 Å². The lowest BCUT2D eigenvalue weighted by Gasteiger charge is -2.18. The lowest BCUT2D eigenvalue weighted by molar-refractivity contribution is 0.605. The quantitative estimate of drug-likeness (QED) is 0.703. The molecule has 1 nitrogen and oxygen atoms in total. The first-order valence-corrected chi connectivity index (χ1v) is 9.20. The lowest BCUT2D eigenvalue weighted by Crippen LogP contribution is -2.22. The molecule has 102 valence electrons. The normalized spacial score (nSPS) is 12.6. The second kappa shape index (κ2) is 7.48. The van der Waals surface area contributed by atoms with E-state index in [-0.39, 0.29) is 0 Å². The summed E-state index contributed by atoms with van der Waals surface area (Å²) in [6, 6.07) is 13.5. The van der Waals surface area contributed by atoms with Crippen LogP contribution in [0.15, 0.2) is 45.1 Å². The molecular weight excluding hydrogens is 338 g/mol. The average Bonchev–Trinajstić information content (AvgIpc) is 2.86. The fourth-order valence-corrected chi connectivity index (χ4v) is 3.89. The number of nitrogens with one attached hydrogen (secondary N) is 1. The zero-order valence-corrected chi connectivity index (χ0v) is 14.4. The molecule has 0 aliphatic carbocycles. The Balaban J connectivity index is 2.25. The van der Waals surface area contributed by atoms with E-state index in [1.54, 1.807) is 23.1 Å². The molecule has 0 saturated heterocycles. The van der Waals surface area contributed by atoms with Crippen LogP contribution in [0.25, 0.3) is 0 Å². The maximum Gasteiger partial charge on any atom is 0.0702 e. The molecule has 0 fully saturated rings. The first-order chi connectivity index (χ1) is 9.24. The van der Waals surface area contributed by atoms with Crippen LogP contribution in [0.1, 0.15) is 29.8 Å². The predicted molar refractivity (Wildman–Crippen MR) is 90.4 cm³/mol. The highest BCUT2D eigenvalue weighted by Crippen LogP contribution is 2.32. The van der Waals surface area contributed by atoms with Crippen molar-refractivity contribution in [3.05, 3.63) is 50.6 Å². The van der Waals surface area contributed by atoms with Gasteiger partial charge in [-0.2, -0.15) is 0 Å². The monoisotopic (exact) mass is 355 g/mol. The summed E-state index contributed by atoms with van der Waals surface area (Å²) >= 11 is 7.13. The Morgan fingerprint density at radius 3 is 2.47 bits per heavy atom. The average molecular weight is 356 g/mol. The molecule has 2 aromatic rings. The van der Waals surface area contributed by atoms with Crippen LogP contribution in [0.5, 0.6) is 0 Å². The van der Waals surface area contributed by atoms with Gasteiger partial charge in [0, 0.05) is 9.77 Å². The summed E-state index contributed by atoms with van der Waals surface area (Å²) in [5, 5.41) is 3.64. The topological polar surface area (TPSA) is 12.0 Å². The van der Waals surface area contributed by atoms with Crippen molar-refractivity contribution in [3.63, 3.8) is 0 Å². The minimum atomic E-state index is 0.298. The highest BCUT2D eigenvalue weighted by Gasteiger charge is 2.15. The van der Waals surface area contributed by atoms with Crippen molar-refractivity contribution in [3.8, 4) is 0 Å². The second-order valence-corrected chi connectivity index (χ2v) is 7.68. The van der Waals surface area contributed by atoms with Crippen LogP contribution in [-0.4, -0.2) is 12.8 Å². The van der Waals surface area contributed by atoms with Crippen molar-refractivity contribution in [1.82, 2.24) is 5.32 Å². The van der Waals surface area contributed by atoms with Crippen LogP contribution >= 0.6 is 39.0 Å². The number of thiophene rings is 1. The van der Waals surface area contributed by atoms with Gasteiger partial charge in [0.25, 0.3) is 0 Å². The molecule has 1 N–H and O–H groups in total. The van der Waals surface area contributed by atoms with Gasteiger partial charge in [-0.15, -0.1) is 23.1 Å². The Morgan fingerprint density at radius 2 is 1.95 bits per heavy atom. The molecular formula is C15H18BrNS2. The molecule has 1 unspecified atom stereocenters. The van der Waals surface area contributed by atoms with E-state index < -0.39 is 0 Å². The summed E-state index contributed by atoms with van der Waals surface area (Å²) in [6.07, 6.45) is 3.25. The second-order valence-electron chi connectivity index (χ2n) is 4.30. The number of rotatable bonds is 6. The zero-order valence-electron chi connectivity index (χ0n) is 11.2. The van der Waals surface area contributed by atoms with Gasteiger partial charge in [0.2, 0.25) is 0 Å². The highest BCUT2D eigenvalue weighted by atomic mass is 79.9. The van der Waals surface area contributed by atoms with E-state index in [2.05, 4.69) is 70.8 Å². The SMILES string of the molecule is CCCNC(c1ccc(SC)cc1)c1ccc(Br)s1. The number of thioether (sulfide) groups is 1. The first-order valence-electron chi connectivity index (χ1n) is 6.37. The summed E-state index contributed by atoms with van der Waals surface area (Å²) in [6.45, 7) is 3.23. The molecule has 0 amide bonds. The number of hydrogen-bond acceptors (Lipinski definition) is 3. The molecule has 0 spiro atoms. The van der Waals surface area contributed by atoms with Crippen LogP contribution in [0.4, 0.5) is 0 Å². The fraction of sp³-hybridized carbons (Fsp3) is 0.333. The van der Waals surface area contributed by atoms with Crippen LogP contribution in [0, 0.1) is 0 Å². The van der Waals surface area contributed by atoms with Crippen molar-refractivity contribution in [2.24, 2.45) is 0 Å².